The maximum Gasteiger partial charge on any atom is 0.259 e. The van der Waals surface area contributed by atoms with Crippen molar-refractivity contribution in [2.75, 3.05) is 34.4 Å². The van der Waals surface area contributed by atoms with Gasteiger partial charge < -0.3 is 59.8 Å². The number of hydrogen-bond acceptors (Lipinski definition) is 16. The largest absolute Gasteiger partial charge is 0.506 e. The van der Waals surface area contributed by atoms with Crippen LogP contribution in [0.5, 0.6) is 11.5 Å². The van der Waals surface area contributed by atoms with Crippen molar-refractivity contribution in [1.82, 2.24) is 39.8 Å². The number of aromatic nitrogens is 6. The first-order valence-electron chi connectivity index (χ1n) is 23.5. The molecule has 2 saturated heterocycles. The SMILES string of the molecule is CN(C(=O)c1ccc2ccccc2c1O)[C@@H]1OC(CO)[C@H](O)[C@H](n2cc(-c3cccc(F)c3)nn2)C1O.COc1c(C(=O)N(C)[C@@H]2OC(CO)[C@H](O)[C@H](n3cc(-c4cccc(F)c4)nn3)C2O)ccc2ccccc12. The fourth-order valence-corrected chi connectivity index (χ4v) is 9.51. The minimum absolute atomic E-state index is 0.00522. The second kappa shape index (κ2) is 22.0. The van der Waals surface area contributed by atoms with E-state index in [0.29, 0.717) is 33.7 Å². The zero-order valence-corrected chi connectivity index (χ0v) is 40.4. The molecule has 4 unspecified atom stereocenters. The lowest BCUT2D eigenvalue weighted by atomic mass is 9.94. The van der Waals surface area contributed by atoms with E-state index in [1.807, 2.05) is 30.3 Å². The molecule has 0 spiro atoms. The van der Waals surface area contributed by atoms with Gasteiger partial charge in [0, 0.05) is 36.0 Å². The fraction of sp³-hybridized carbons (Fsp3) is 0.283. The van der Waals surface area contributed by atoms with Crippen molar-refractivity contribution in [2.45, 2.75) is 61.2 Å². The third-order valence-electron chi connectivity index (χ3n) is 13.5. The number of likely N-dealkylation sites (N-methyl/N-ethyl adjacent to an activating group) is 2. The molecule has 10 atom stereocenters. The average Bonchev–Trinajstić information content (AvgIpc) is 4.12. The van der Waals surface area contributed by atoms with E-state index in [2.05, 4.69) is 20.6 Å². The fourth-order valence-electron chi connectivity index (χ4n) is 9.51. The number of aromatic hydroxyl groups is 1. The summed E-state index contributed by atoms with van der Waals surface area (Å²) in [7, 11) is 4.31. The van der Waals surface area contributed by atoms with E-state index in [1.54, 1.807) is 48.5 Å². The van der Waals surface area contributed by atoms with Crippen molar-refractivity contribution in [3.63, 3.8) is 0 Å². The topological polar surface area (TPSA) is 271 Å². The van der Waals surface area contributed by atoms with Crippen LogP contribution in [0.2, 0.25) is 0 Å². The van der Waals surface area contributed by atoms with Crippen molar-refractivity contribution in [1.29, 1.82) is 0 Å². The molecule has 0 radical (unpaired) electrons. The summed E-state index contributed by atoms with van der Waals surface area (Å²) < 4.78 is 46.9. The number of ether oxygens (including phenoxy) is 3. The summed E-state index contributed by atoms with van der Waals surface area (Å²) in [5, 5.41) is 93.8. The Bertz CT molecular complexity index is 3340. The van der Waals surface area contributed by atoms with Crippen LogP contribution in [-0.2, 0) is 9.47 Å². The molecule has 75 heavy (non-hydrogen) atoms. The number of phenolic OH excluding ortho intramolecular Hbond substituents is 1. The number of carbonyl (C=O) groups excluding carboxylic acids is 2. The Morgan fingerprint density at radius 1 is 0.600 bits per heavy atom. The highest BCUT2D eigenvalue weighted by atomic mass is 19.1. The number of nitrogens with zero attached hydrogens (tertiary/aromatic N) is 8. The molecular formula is C53H52F2N8O12. The van der Waals surface area contributed by atoms with Gasteiger partial charge in [-0.25, -0.2) is 18.1 Å². The van der Waals surface area contributed by atoms with Gasteiger partial charge >= 0.3 is 0 Å². The van der Waals surface area contributed by atoms with Gasteiger partial charge in [0.05, 0.1) is 43.8 Å². The summed E-state index contributed by atoms with van der Waals surface area (Å²) in [5.74, 6) is -1.90. The Balaban J connectivity index is 0.000000184. The van der Waals surface area contributed by atoms with E-state index in [-0.39, 0.29) is 16.9 Å². The van der Waals surface area contributed by atoms with Crippen LogP contribution in [-0.4, -0.2) is 171 Å². The molecule has 8 aromatic rings. The first-order chi connectivity index (χ1) is 36.1. The van der Waals surface area contributed by atoms with Gasteiger partial charge in [-0.2, -0.15) is 0 Å². The van der Waals surface area contributed by atoms with E-state index < -0.39 is 97.8 Å². The van der Waals surface area contributed by atoms with E-state index in [1.165, 1.54) is 90.3 Å². The van der Waals surface area contributed by atoms with Crippen LogP contribution in [0.4, 0.5) is 8.78 Å². The maximum atomic E-state index is 13.7. The number of phenols is 1. The number of methoxy groups -OCH3 is 1. The number of benzene rings is 6. The quantitative estimate of drug-likeness (QED) is 0.0974. The number of fused-ring (bicyclic) bond motifs is 2. The third kappa shape index (κ3) is 10.1. The van der Waals surface area contributed by atoms with Gasteiger partial charge in [-0.1, -0.05) is 95.4 Å². The van der Waals surface area contributed by atoms with Crippen molar-refractivity contribution in [3.05, 3.63) is 156 Å². The molecule has 7 N–H and O–H groups in total. The predicted octanol–water partition coefficient (Wildman–Crippen LogP) is 3.69. The monoisotopic (exact) mass is 1030 g/mol. The van der Waals surface area contributed by atoms with Crippen molar-refractivity contribution in [3.8, 4) is 34.0 Å². The number of amides is 2. The number of aliphatic hydroxyl groups excluding tert-OH is 6. The normalized spacial score (nSPS) is 23.6. The lowest BCUT2D eigenvalue weighted by molar-refractivity contribution is -0.235. The summed E-state index contributed by atoms with van der Waals surface area (Å²) in [5.41, 5.74) is 1.76. The lowest BCUT2D eigenvalue weighted by Gasteiger charge is -2.45. The highest BCUT2D eigenvalue weighted by molar-refractivity contribution is 6.04. The van der Waals surface area contributed by atoms with Crippen molar-refractivity contribution < 1.29 is 68.3 Å². The van der Waals surface area contributed by atoms with Crippen LogP contribution in [0.25, 0.3) is 44.1 Å². The molecule has 2 fully saturated rings. The summed E-state index contributed by atoms with van der Waals surface area (Å²) in [6.45, 7) is -1.18. The van der Waals surface area contributed by atoms with Crippen LogP contribution >= 0.6 is 0 Å². The molecule has 22 heteroatoms. The molecule has 2 aliphatic heterocycles. The molecule has 2 amide bonds. The number of rotatable bonds is 11. The highest BCUT2D eigenvalue weighted by Crippen LogP contribution is 2.37. The van der Waals surface area contributed by atoms with Crippen LogP contribution in [0.15, 0.2) is 134 Å². The highest BCUT2D eigenvalue weighted by Gasteiger charge is 2.50. The van der Waals surface area contributed by atoms with Crippen molar-refractivity contribution >= 4 is 33.4 Å². The Labute approximate surface area is 426 Å². The Hall–Kier alpha value is -7.80. The predicted molar refractivity (Wildman–Crippen MR) is 265 cm³/mol. The second-order valence-electron chi connectivity index (χ2n) is 18.0. The van der Waals surface area contributed by atoms with Gasteiger partial charge in [0.2, 0.25) is 0 Å². The minimum atomic E-state index is -1.50. The minimum Gasteiger partial charge on any atom is -0.506 e. The molecule has 4 heterocycles. The number of carbonyl (C=O) groups is 2. The van der Waals surface area contributed by atoms with Gasteiger partial charge in [-0.05, 0) is 47.2 Å². The first-order valence-corrected chi connectivity index (χ1v) is 23.5. The zero-order valence-electron chi connectivity index (χ0n) is 40.4. The average molecular weight is 1030 g/mol. The summed E-state index contributed by atoms with van der Waals surface area (Å²) >= 11 is 0. The maximum absolute atomic E-state index is 13.7. The van der Waals surface area contributed by atoms with E-state index in [4.69, 9.17) is 14.2 Å². The molecule has 20 nitrogen and oxygen atoms in total. The second-order valence-corrected chi connectivity index (χ2v) is 18.0. The van der Waals surface area contributed by atoms with E-state index in [0.717, 1.165) is 21.1 Å². The van der Waals surface area contributed by atoms with Gasteiger partial charge in [-0.3, -0.25) is 9.59 Å². The molecule has 6 aromatic carbocycles. The van der Waals surface area contributed by atoms with E-state index in [9.17, 15) is 54.1 Å². The summed E-state index contributed by atoms with van der Waals surface area (Å²) in [6, 6.07) is 30.3. The Morgan fingerprint density at radius 2 is 1.04 bits per heavy atom. The molecule has 2 aliphatic rings. The lowest BCUT2D eigenvalue weighted by Crippen LogP contribution is -2.61. The number of aliphatic hydroxyl groups is 6. The Morgan fingerprint density at radius 3 is 1.51 bits per heavy atom. The molecule has 0 aliphatic carbocycles. The molecule has 0 saturated carbocycles. The molecular weight excluding hydrogens is 979 g/mol. The third-order valence-corrected chi connectivity index (χ3v) is 13.5. The van der Waals surface area contributed by atoms with Crippen molar-refractivity contribution in [2.24, 2.45) is 0 Å². The molecule has 2 aromatic heterocycles. The summed E-state index contributed by atoms with van der Waals surface area (Å²) in [4.78, 5) is 29.3. The smallest absolute Gasteiger partial charge is 0.259 e. The molecule has 10 rings (SSSR count). The number of hydrogen-bond donors (Lipinski definition) is 7. The Kier molecular flexibility index (Phi) is 15.2. The van der Waals surface area contributed by atoms with Gasteiger partial charge in [0.15, 0.2) is 12.5 Å². The van der Waals surface area contributed by atoms with E-state index >= 15 is 0 Å². The molecule has 390 valence electrons. The van der Waals surface area contributed by atoms with Gasteiger partial charge in [-0.15, -0.1) is 10.2 Å². The van der Waals surface area contributed by atoms with Crippen LogP contribution < -0.4 is 4.74 Å². The number of halogens is 2. The van der Waals surface area contributed by atoms with Crippen LogP contribution in [0, 0.1) is 11.6 Å². The molecule has 0 bridgehead atoms. The van der Waals surface area contributed by atoms with Gasteiger partial charge in [0.1, 0.15) is 83.2 Å². The van der Waals surface area contributed by atoms with Crippen LogP contribution in [0.3, 0.4) is 0 Å². The zero-order chi connectivity index (χ0) is 53.2. The standard InChI is InChI=1S/C27H27FN4O6.C26H25FN4O6/c1-31(26(36)19-11-10-15-6-3-4-9-18(15)25(19)37-2)27-24(35)22(23(34)21(14-33)38-27)32-13-20(29-30-32)16-7-5-8-17(28)12-16;1-30(25(36)18-10-9-14-5-2-3-8-17(14)22(18)33)26-24(35)21(23(34)20(13-32)37-26)31-12-19(28-29-31)15-6-4-7-16(27)11-15/h3-13,21-24,27,33-35H,14H2,1-2H3;2-12,20-21,23-24,26,32-35H,13H2,1H3/t21?,22-,23-,24?,27+;20?,21-,23-,24?,26+/m00/s1. The van der Waals surface area contributed by atoms with Crippen LogP contribution in [0.1, 0.15) is 32.8 Å². The van der Waals surface area contributed by atoms with Gasteiger partial charge in [0.25, 0.3) is 11.8 Å². The summed E-state index contributed by atoms with van der Waals surface area (Å²) in [6.07, 6.45) is -7.74. The first kappa shape index (κ1) is 52.1.